The molecule has 0 aliphatic heterocycles. The van der Waals surface area contributed by atoms with Crippen LogP contribution in [0.25, 0.3) is 11.5 Å². The molecule has 22 heavy (non-hydrogen) atoms. The molecule has 0 radical (unpaired) electrons. The second-order valence-electron chi connectivity index (χ2n) is 4.53. The van der Waals surface area contributed by atoms with Crippen molar-refractivity contribution in [3.05, 3.63) is 53.4 Å². The van der Waals surface area contributed by atoms with Crippen LogP contribution in [0, 0.1) is 29.6 Å². The molecule has 7 heteroatoms. The molecule has 0 aliphatic carbocycles. The fourth-order valence-corrected chi connectivity index (χ4v) is 2.10. The minimum Gasteiger partial charge on any atom is -0.419 e. The van der Waals surface area contributed by atoms with Gasteiger partial charge in [-0.2, -0.15) is 10.5 Å². The van der Waals surface area contributed by atoms with Crippen molar-refractivity contribution in [2.45, 2.75) is 13.5 Å². The minimum absolute atomic E-state index is 0.0998. The first kappa shape index (κ1) is 13.5. The van der Waals surface area contributed by atoms with Gasteiger partial charge in [0.25, 0.3) is 0 Å². The van der Waals surface area contributed by atoms with Gasteiger partial charge in [-0.15, -0.1) is 10.2 Å². The van der Waals surface area contributed by atoms with Crippen LogP contribution in [-0.4, -0.2) is 19.7 Å². The van der Waals surface area contributed by atoms with Crippen molar-refractivity contribution in [1.82, 2.24) is 19.7 Å². The van der Waals surface area contributed by atoms with Crippen molar-refractivity contribution in [3.8, 4) is 23.6 Å². The third-order valence-electron chi connectivity index (χ3n) is 3.15. The standard InChI is InChI=1S/C15H10N6O/c1-10-18-12(7-16)13(8-17)21(10)9-14-19-20-15(22-14)11-5-3-2-4-6-11/h2-6H,9H2,1H3. The lowest BCUT2D eigenvalue weighted by molar-refractivity contribution is 0.484. The number of aryl methyl sites for hydroxylation is 1. The highest BCUT2D eigenvalue weighted by molar-refractivity contribution is 5.51. The van der Waals surface area contributed by atoms with Crippen molar-refractivity contribution in [2.75, 3.05) is 0 Å². The molecule has 3 rings (SSSR count). The average Bonchev–Trinajstić information content (AvgIpc) is 3.14. The molecule has 7 nitrogen and oxygen atoms in total. The highest BCUT2D eigenvalue weighted by Gasteiger charge is 2.17. The van der Waals surface area contributed by atoms with Gasteiger partial charge in [0.15, 0.2) is 11.4 Å². The fraction of sp³-hybridized carbons (Fsp3) is 0.133. The average molecular weight is 290 g/mol. The van der Waals surface area contributed by atoms with Crippen molar-refractivity contribution >= 4 is 0 Å². The summed E-state index contributed by atoms with van der Waals surface area (Å²) < 4.78 is 7.19. The molecular formula is C15H10N6O. The van der Waals surface area contributed by atoms with Crippen LogP contribution in [0.3, 0.4) is 0 Å². The van der Waals surface area contributed by atoms with Gasteiger partial charge in [0.1, 0.15) is 24.5 Å². The summed E-state index contributed by atoms with van der Waals surface area (Å²) >= 11 is 0. The first-order chi connectivity index (χ1) is 10.7. The number of imidazole rings is 1. The predicted molar refractivity (Wildman–Crippen MR) is 75.2 cm³/mol. The first-order valence-corrected chi connectivity index (χ1v) is 6.48. The molecule has 2 heterocycles. The summed E-state index contributed by atoms with van der Waals surface area (Å²) in [5, 5.41) is 26.1. The molecule has 0 saturated heterocycles. The Labute approximate surface area is 126 Å². The van der Waals surface area contributed by atoms with Gasteiger partial charge in [-0.05, 0) is 19.1 Å². The molecule has 0 bridgehead atoms. The number of nitriles is 2. The monoisotopic (exact) mass is 290 g/mol. The smallest absolute Gasteiger partial charge is 0.247 e. The maximum absolute atomic E-state index is 9.18. The zero-order valence-corrected chi connectivity index (χ0v) is 11.7. The van der Waals surface area contributed by atoms with Crippen molar-refractivity contribution in [3.63, 3.8) is 0 Å². The van der Waals surface area contributed by atoms with E-state index < -0.39 is 0 Å². The van der Waals surface area contributed by atoms with E-state index in [0.717, 1.165) is 5.56 Å². The van der Waals surface area contributed by atoms with Crippen LogP contribution in [0.15, 0.2) is 34.7 Å². The zero-order valence-electron chi connectivity index (χ0n) is 11.7. The Balaban J connectivity index is 1.93. The van der Waals surface area contributed by atoms with E-state index in [4.69, 9.17) is 9.68 Å². The highest BCUT2D eigenvalue weighted by Crippen LogP contribution is 2.18. The lowest BCUT2D eigenvalue weighted by atomic mass is 10.2. The number of hydrogen-bond donors (Lipinski definition) is 0. The van der Waals surface area contributed by atoms with Gasteiger partial charge in [-0.25, -0.2) is 4.98 Å². The first-order valence-electron chi connectivity index (χ1n) is 6.48. The fourth-order valence-electron chi connectivity index (χ4n) is 2.10. The summed E-state index contributed by atoms with van der Waals surface area (Å²) in [6.45, 7) is 1.92. The molecule has 2 aromatic heterocycles. The molecule has 0 saturated carbocycles. The maximum Gasteiger partial charge on any atom is 0.247 e. The molecule has 0 spiro atoms. The van der Waals surface area contributed by atoms with Crippen molar-refractivity contribution < 1.29 is 4.42 Å². The molecule has 0 atom stereocenters. The predicted octanol–water partition coefficient (Wildman–Crippen LogP) is 2.03. The van der Waals surface area contributed by atoms with Crippen LogP contribution < -0.4 is 0 Å². The van der Waals surface area contributed by atoms with E-state index in [2.05, 4.69) is 15.2 Å². The van der Waals surface area contributed by atoms with E-state index in [1.807, 2.05) is 42.5 Å². The van der Waals surface area contributed by atoms with Gasteiger partial charge in [0.2, 0.25) is 11.8 Å². The Kier molecular flexibility index (Phi) is 3.39. The van der Waals surface area contributed by atoms with Crippen LogP contribution in [0.2, 0.25) is 0 Å². The molecule has 1 aromatic carbocycles. The van der Waals surface area contributed by atoms with E-state index in [1.165, 1.54) is 0 Å². The molecule has 106 valence electrons. The molecule has 3 aromatic rings. The van der Waals surface area contributed by atoms with Gasteiger partial charge < -0.3 is 8.98 Å². The topological polar surface area (TPSA) is 104 Å². The molecule has 0 fully saturated rings. The number of benzene rings is 1. The lowest BCUT2D eigenvalue weighted by Crippen LogP contribution is -2.05. The van der Waals surface area contributed by atoms with Crippen LogP contribution >= 0.6 is 0 Å². The molecule has 0 amide bonds. The van der Waals surface area contributed by atoms with Crippen LogP contribution in [-0.2, 0) is 6.54 Å². The van der Waals surface area contributed by atoms with Gasteiger partial charge in [-0.3, -0.25) is 0 Å². The minimum atomic E-state index is 0.0998. The summed E-state index contributed by atoms with van der Waals surface area (Å²) in [7, 11) is 0. The van der Waals surface area contributed by atoms with Crippen LogP contribution in [0.1, 0.15) is 23.1 Å². The number of rotatable bonds is 3. The molecular weight excluding hydrogens is 280 g/mol. The summed E-state index contributed by atoms with van der Waals surface area (Å²) in [6.07, 6.45) is 0. The normalized spacial score (nSPS) is 10.1. The van der Waals surface area contributed by atoms with E-state index in [0.29, 0.717) is 17.6 Å². The summed E-state index contributed by atoms with van der Waals surface area (Å²) in [5.41, 5.74) is 1.11. The van der Waals surface area contributed by atoms with Crippen LogP contribution in [0.5, 0.6) is 0 Å². The van der Waals surface area contributed by atoms with Crippen molar-refractivity contribution in [1.29, 1.82) is 10.5 Å². The van der Waals surface area contributed by atoms with E-state index in [9.17, 15) is 5.26 Å². The maximum atomic E-state index is 9.18. The number of nitrogens with zero attached hydrogens (tertiary/aromatic N) is 6. The van der Waals surface area contributed by atoms with E-state index in [1.54, 1.807) is 11.5 Å². The third-order valence-corrected chi connectivity index (χ3v) is 3.15. The lowest BCUT2D eigenvalue weighted by Gasteiger charge is -2.01. The molecule has 0 unspecified atom stereocenters. The third kappa shape index (κ3) is 2.32. The Morgan fingerprint density at radius 1 is 1.14 bits per heavy atom. The largest absolute Gasteiger partial charge is 0.419 e. The number of hydrogen-bond acceptors (Lipinski definition) is 6. The quantitative estimate of drug-likeness (QED) is 0.731. The summed E-state index contributed by atoms with van der Waals surface area (Å²) in [4.78, 5) is 4.05. The highest BCUT2D eigenvalue weighted by atomic mass is 16.4. The molecule has 0 aliphatic rings. The van der Waals surface area contributed by atoms with Gasteiger partial charge in [-0.1, -0.05) is 18.2 Å². The molecule has 0 N–H and O–H groups in total. The number of aromatic nitrogens is 4. The zero-order chi connectivity index (χ0) is 15.5. The Bertz CT molecular complexity index is 894. The van der Waals surface area contributed by atoms with Crippen molar-refractivity contribution in [2.24, 2.45) is 0 Å². The Morgan fingerprint density at radius 3 is 2.59 bits per heavy atom. The van der Waals surface area contributed by atoms with Gasteiger partial charge in [0, 0.05) is 5.56 Å². The summed E-state index contributed by atoms with van der Waals surface area (Å²) in [6, 6.07) is 13.3. The Hall–Kier alpha value is -3.45. The van der Waals surface area contributed by atoms with Crippen LogP contribution in [0.4, 0.5) is 0 Å². The van der Waals surface area contributed by atoms with Gasteiger partial charge in [0.05, 0.1) is 0 Å². The van der Waals surface area contributed by atoms with Gasteiger partial charge >= 0.3 is 0 Å². The van der Waals surface area contributed by atoms with E-state index in [-0.39, 0.29) is 17.9 Å². The second kappa shape index (κ2) is 5.51. The Morgan fingerprint density at radius 2 is 1.91 bits per heavy atom. The summed E-state index contributed by atoms with van der Waals surface area (Å²) in [5.74, 6) is 1.31. The second-order valence-corrected chi connectivity index (χ2v) is 4.53. The van der Waals surface area contributed by atoms with E-state index >= 15 is 0 Å². The SMILES string of the molecule is Cc1nc(C#N)c(C#N)n1Cc1nnc(-c2ccccc2)o1.